The van der Waals surface area contributed by atoms with Gasteiger partial charge in [0.15, 0.2) is 0 Å². The summed E-state index contributed by atoms with van der Waals surface area (Å²) in [7, 11) is 0. The number of anilines is 1. The summed E-state index contributed by atoms with van der Waals surface area (Å²) in [6.07, 6.45) is 4.85. The zero-order valence-corrected chi connectivity index (χ0v) is 14.6. The Labute approximate surface area is 148 Å². The van der Waals surface area contributed by atoms with Crippen molar-refractivity contribution >= 4 is 11.6 Å². The van der Waals surface area contributed by atoms with Gasteiger partial charge in [-0.2, -0.15) is 0 Å². The molecule has 1 aromatic heterocycles. The first-order valence-electron chi connectivity index (χ1n) is 8.44. The fraction of sp³-hybridized carbons (Fsp3) is 0.182. The highest BCUT2D eigenvalue weighted by Gasteiger charge is 2.05. The third kappa shape index (κ3) is 4.77. The van der Waals surface area contributed by atoms with Crippen LogP contribution < -0.4 is 5.32 Å². The molecule has 0 unspecified atom stereocenters. The van der Waals surface area contributed by atoms with Crippen LogP contribution in [0.1, 0.15) is 27.8 Å². The van der Waals surface area contributed by atoms with Gasteiger partial charge in [0.2, 0.25) is 5.91 Å². The van der Waals surface area contributed by atoms with Crippen LogP contribution in [0.15, 0.2) is 67.0 Å². The van der Waals surface area contributed by atoms with E-state index < -0.39 is 0 Å². The molecule has 126 valence electrons. The summed E-state index contributed by atoms with van der Waals surface area (Å²) in [5.74, 6) is 0.00476. The number of aryl methyl sites for hydroxylation is 2. The number of carbonyl (C=O) groups excluding carboxylic acids is 1. The first kappa shape index (κ1) is 16.9. The third-order valence-electron chi connectivity index (χ3n) is 4.33. The van der Waals surface area contributed by atoms with Gasteiger partial charge >= 0.3 is 0 Å². The predicted octanol–water partition coefficient (Wildman–Crippen LogP) is 4.47. The second-order valence-electron chi connectivity index (χ2n) is 6.37. The minimum Gasteiger partial charge on any atom is -0.326 e. The van der Waals surface area contributed by atoms with Crippen molar-refractivity contribution in [2.75, 3.05) is 5.32 Å². The quantitative estimate of drug-likeness (QED) is 0.750. The Hall–Kier alpha value is -2.94. The van der Waals surface area contributed by atoms with Crippen molar-refractivity contribution in [2.24, 2.45) is 0 Å². The molecule has 0 aliphatic heterocycles. The molecule has 0 atom stereocenters. The average Bonchev–Trinajstić information content (AvgIpc) is 2.61. The van der Waals surface area contributed by atoms with E-state index in [0.29, 0.717) is 6.42 Å². The summed E-state index contributed by atoms with van der Waals surface area (Å²) in [5, 5.41) is 2.97. The van der Waals surface area contributed by atoms with E-state index in [0.717, 1.165) is 17.7 Å². The molecule has 0 aliphatic rings. The number of nitrogens with one attached hydrogen (secondary N) is 1. The minimum absolute atomic E-state index is 0.00476. The molecule has 1 heterocycles. The lowest BCUT2D eigenvalue weighted by molar-refractivity contribution is -0.115. The van der Waals surface area contributed by atoms with Crippen LogP contribution in [-0.2, 0) is 17.6 Å². The number of rotatable bonds is 5. The van der Waals surface area contributed by atoms with Crippen LogP contribution in [0.2, 0.25) is 0 Å². The molecule has 0 saturated carbocycles. The molecule has 1 N–H and O–H groups in total. The van der Waals surface area contributed by atoms with E-state index in [9.17, 15) is 4.79 Å². The van der Waals surface area contributed by atoms with Crippen molar-refractivity contribution in [1.29, 1.82) is 0 Å². The highest BCUT2D eigenvalue weighted by atomic mass is 16.1. The van der Waals surface area contributed by atoms with Gasteiger partial charge in [0, 0.05) is 18.1 Å². The zero-order valence-electron chi connectivity index (χ0n) is 14.6. The molecule has 0 radical (unpaired) electrons. The van der Waals surface area contributed by atoms with Gasteiger partial charge in [0.1, 0.15) is 0 Å². The van der Waals surface area contributed by atoms with Gasteiger partial charge in [-0.1, -0.05) is 30.3 Å². The molecular formula is C22H22N2O. The number of benzene rings is 2. The van der Waals surface area contributed by atoms with Crippen LogP contribution in [0, 0.1) is 13.8 Å². The van der Waals surface area contributed by atoms with Gasteiger partial charge in [0.05, 0.1) is 6.42 Å². The maximum absolute atomic E-state index is 12.2. The molecule has 3 aromatic rings. The standard InChI is InChI=1S/C22H22N2O/c1-16-3-4-20(13-17(16)2)15-22(25)24-21-7-5-18(6-8-21)14-19-9-11-23-12-10-19/h3-13H,14-15H2,1-2H3,(H,24,25). The van der Waals surface area contributed by atoms with Gasteiger partial charge in [0.25, 0.3) is 0 Å². The van der Waals surface area contributed by atoms with E-state index >= 15 is 0 Å². The van der Waals surface area contributed by atoms with Gasteiger partial charge in [-0.25, -0.2) is 0 Å². The summed E-state index contributed by atoms with van der Waals surface area (Å²) in [6.45, 7) is 4.14. The van der Waals surface area contributed by atoms with Gasteiger partial charge in [-0.15, -0.1) is 0 Å². The highest BCUT2D eigenvalue weighted by Crippen LogP contribution is 2.15. The van der Waals surface area contributed by atoms with Crippen LogP contribution in [0.4, 0.5) is 5.69 Å². The fourth-order valence-corrected chi connectivity index (χ4v) is 2.75. The van der Waals surface area contributed by atoms with E-state index in [1.807, 2.05) is 42.5 Å². The number of carbonyl (C=O) groups is 1. The lowest BCUT2D eigenvalue weighted by atomic mass is 10.0. The van der Waals surface area contributed by atoms with Crippen molar-refractivity contribution in [1.82, 2.24) is 4.98 Å². The molecule has 0 saturated heterocycles. The number of hydrogen-bond donors (Lipinski definition) is 1. The van der Waals surface area contributed by atoms with Crippen molar-refractivity contribution < 1.29 is 4.79 Å². The van der Waals surface area contributed by atoms with Crippen LogP contribution in [0.25, 0.3) is 0 Å². The van der Waals surface area contributed by atoms with E-state index in [2.05, 4.69) is 36.3 Å². The van der Waals surface area contributed by atoms with Crippen LogP contribution >= 0.6 is 0 Å². The molecular weight excluding hydrogens is 308 g/mol. The van der Waals surface area contributed by atoms with E-state index in [4.69, 9.17) is 0 Å². The van der Waals surface area contributed by atoms with Gasteiger partial charge in [-0.05, 0) is 72.4 Å². The summed E-state index contributed by atoms with van der Waals surface area (Å²) >= 11 is 0. The lowest BCUT2D eigenvalue weighted by Crippen LogP contribution is -2.14. The zero-order chi connectivity index (χ0) is 17.6. The number of nitrogens with zero attached hydrogens (tertiary/aromatic N) is 1. The Morgan fingerprint density at radius 1 is 0.840 bits per heavy atom. The summed E-state index contributed by atoms with van der Waals surface area (Å²) < 4.78 is 0. The van der Waals surface area contributed by atoms with Crippen molar-refractivity contribution in [3.05, 3.63) is 94.8 Å². The van der Waals surface area contributed by atoms with Gasteiger partial charge < -0.3 is 5.32 Å². The summed E-state index contributed by atoms with van der Waals surface area (Å²) in [4.78, 5) is 16.3. The molecule has 2 aromatic carbocycles. The summed E-state index contributed by atoms with van der Waals surface area (Å²) in [5.41, 5.74) is 6.75. The van der Waals surface area contributed by atoms with Crippen molar-refractivity contribution in [3.63, 3.8) is 0 Å². The summed E-state index contributed by atoms with van der Waals surface area (Å²) in [6, 6.07) is 18.2. The van der Waals surface area contributed by atoms with Crippen LogP contribution in [0.5, 0.6) is 0 Å². The maximum Gasteiger partial charge on any atom is 0.228 e. The monoisotopic (exact) mass is 330 g/mol. The highest BCUT2D eigenvalue weighted by molar-refractivity contribution is 5.92. The smallest absolute Gasteiger partial charge is 0.228 e. The first-order chi connectivity index (χ1) is 12.1. The third-order valence-corrected chi connectivity index (χ3v) is 4.33. The predicted molar refractivity (Wildman–Crippen MR) is 102 cm³/mol. The van der Waals surface area contributed by atoms with E-state index in [1.165, 1.54) is 22.3 Å². The fourth-order valence-electron chi connectivity index (χ4n) is 2.75. The SMILES string of the molecule is Cc1ccc(CC(=O)Nc2ccc(Cc3ccncc3)cc2)cc1C. The van der Waals surface area contributed by atoms with Crippen LogP contribution in [-0.4, -0.2) is 10.9 Å². The maximum atomic E-state index is 12.2. The molecule has 3 rings (SSSR count). The molecule has 0 aliphatic carbocycles. The Bertz CT molecular complexity index is 855. The van der Waals surface area contributed by atoms with E-state index in [-0.39, 0.29) is 5.91 Å². The Kier molecular flexibility index (Phi) is 5.24. The second kappa shape index (κ2) is 7.75. The molecule has 1 amide bonds. The Balaban J connectivity index is 1.59. The lowest BCUT2D eigenvalue weighted by Gasteiger charge is -2.08. The van der Waals surface area contributed by atoms with Crippen LogP contribution in [0.3, 0.4) is 0 Å². The average molecular weight is 330 g/mol. The Morgan fingerprint density at radius 3 is 2.16 bits per heavy atom. The molecule has 25 heavy (non-hydrogen) atoms. The molecule has 0 bridgehead atoms. The topological polar surface area (TPSA) is 42.0 Å². The largest absolute Gasteiger partial charge is 0.326 e. The Morgan fingerprint density at radius 2 is 1.48 bits per heavy atom. The minimum atomic E-state index is 0.00476. The molecule has 0 spiro atoms. The number of aromatic nitrogens is 1. The first-order valence-corrected chi connectivity index (χ1v) is 8.44. The number of amides is 1. The van der Waals surface area contributed by atoms with Crippen molar-refractivity contribution in [3.8, 4) is 0 Å². The normalized spacial score (nSPS) is 10.5. The second-order valence-corrected chi connectivity index (χ2v) is 6.37. The molecule has 0 fully saturated rings. The molecule has 3 nitrogen and oxygen atoms in total. The molecule has 3 heteroatoms. The van der Waals surface area contributed by atoms with E-state index in [1.54, 1.807) is 12.4 Å². The number of hydrogen-bond acceptors (Lipinski definition) is 2. The van der Waals surface area contributed by atoms with Crippen molar-refractivity contribution in [2.45, 2.75) is 26.7 Å². The van der Waals surface area contributed by atoms with Gasteiger partial charge in [-0.3, -0.25) is 9.78 Å². The number of pyridine rings is 1.